The van der Waals surface area contributed by atoms with Gasteiger partial charge in [-0.3, -0.25) is 4.90 Å². The van der Waals surface area contributed by atoms with Crippen LogP contribution in [0.4, 0.5) is 0 Å². The molecule has 100 valence electrons. The molecule has 1 aromatic carbocycles. The molecule has 3 nitrogen and oxygen atoms in total. The van der Waals surface area contributed by atoms with Crippen LogP contribution in [0.5, 0.6) is 0 Å². The number of rotatable bonds is 3. The van der Waals surface area contributed by atoms with E-state index in [1.807, 2.05) is 6.92 Å². The molecule has 1 saturated heterocycles. The summed E-state index contributed by atoms with van der Waals surface area (Å²) in [4.78, 5) is 2.48. The average molecular weight is 321 g/mol. The lowest BCUT2D eigenvalue weighted by Gasteiger charge is -2.22. The molecule has 19 heavy (non-hydrogen) atoms. The van der Waals surface area contributed by atoms with E-state index in [0.717, 1.165) is 35.4 Å². The quantitative estimate of drug-likeness (QED) is 0.853. The lowest BCUT2D eigenvalue weighted by Crippen LogP contribution is -2.22. The smallest absolute Gasteiger partial charge is 0.154 e. The van der Waals surface area contributed by atoms with Crippen LogP contribution in [-0.2, 0) is 6.54 Å². The monoisotopic (exact) mass is 320 g/mol. The Labute approximate surface area is 121 Å². The van der Waals surface area contributed by atoms with Crippen LogP contribution in [0.3, 0.4) is 0 Å². The number of halogens is 1. The highest BCUT2D eigenvalue weighted by Crippen LogP contribution is 2.33. The van der Waals surface area contributed by atoms with Crippen LogP contribution < -0.4 is 0 Å². The zero-order chi connectivity index (χ0) is 13.2. The molecular formula is C15H17BrN2O. The van der Waals surface area contributed by atoms with Crippen molar-refractivity contribution in [1.29, 1.82) is 0 Å². The minimum atomic E-state index is 0.379. The number of benzene rings is 1. The second-order valence-corrected chi connectivity index (χ2v) is 6.04. The van der Waals surface area contributed by atoms with Crippen LogP contribution in [-0.4, -0.2) is 16.6 Å². The predicted molar refractivity (Wildman–Crippen MR) is 77.8 cm³/mol. The average Bonchev–Trinajstić information content (AvgIpc) is 3.01. The molecule has 0 unspecified atom stereocenters. The number of nitrogens with zero attached hydrogens (tertiary/aromatic N) is 2. The summed E-state index contributed by atoms with van der Waals surface area (Å²) in [5, 5.41) is 4.01. The van der Waals surface area contributed by atoms with Gasteiger partial charge in [0.1, 0.15) is 0 Å². The first kappa shape index (κ1) is 12.9. The summed E-state index contributed by atoms with van der Waals surface area (Å²) in [7, 11) is 0. The van der Waals surface area contributed by atoms with Crippen molar-refractivity contribution in [2.45, 2.75) is 32.4 Å². The van der Waals surface area contributed by atoms with Crippen molar-refractivity contribution in [2.24, 2.45) is 0 Å². The Bertz CT molecular complexity index is 550. The largest absolute Gasteiger partial charge is 0.359 e. The fourth-order valence-corrected chi connectivity index (χ4v) is 2.97. The first-order valence-corrected chi connectivity index (χ1v) is 7.43. The molecule has 0 N–H and O–H groups in total. The third-order valence-electron chi connectivity index (χ3n) is 3.64. The van der Waals surface area contributed by atoms with Crippen LogP contribution in [0.15, 0.2) is 39.3 Å². The Balaban J connectivity index is 1.74. The molecule has 1 aromatic heterocycles. The van der Waals surface area contributed by atoms with Crippen molar-refractivity contribution < 1.29 is 4.52 Å². The van der Waals surface area contributed by atoms with Gasteiger partial charge in [-0.25, -0.2) is 0 Å². The summed E-state index contributed by atoms with van der Waals surface area (Å²) in [6.45, 7) is 4.07. The first-order chi connectivity index (χ1) is 9.22. The van der Waals surface area contributed by atoms with Gasteiger partial charge in [0, 0.05) is 17.1 Å². The van der Waals surface area contributed by atoms with Crippen molar-refractivity contribution >= 4 is 15.9 Å². The molecule has 1 atom stereocenters. The third kappa shape index (κ3) is 2.90. The van der Waals surface area contributed by atoms with Gasteiger partial charge >= 0.3 is 0 Å². The summed E-state index contributed by atoms with van der Waals surface area (Å²) in [6.07, 6.45) is 2.38. The Morgan fingerprint density at radius 1 is 1.37 bits per heavy atom. The van der Waals surface area contributed by atoms with Crippen molar-refractivity contribution in [3.63, 3.8) is 0 Å². The van der Waals surface area contributed by atoms with Crippen LogP contribution >= 0.6 is 15.9 Å². The van der Waals surface area contributed by atoms with Gasteiger partial charge in [0.2, 0.25) is 0 Å². The Kier molecular flexibility index (Phi) is 3.71. The van der Waals surface area contributed by atoms with E-state index in [9.17, 15) is 0 Å². The minimum Gasteiger partial charge on any atom is -0.359 e. The standard InChI is InChI=1S/C15H17BrN2O/c1-11-9-15(19-17-11)14-3-2-8-18(14)10-12-4-6-13(16)7-5-12/h4-7,9,14H,2-3,8,10H2,1H3/t14-/m1/s1. The second kappa shape index (κ2) is 5.47. The zero-order valence-corrected chi connectivity index (χ0v) is 12.6. The number of hydrogen-bond acceptors (Lipinski definition) is 3. The first-order valence-electron chi connectivity index (χ1n) is 6.64. The zero-order valence-electron chi connectivity index (χ0n) is 11.0. The van der Waals surface area contributed by atoms with Gasteiger partial charge in [-0.2, -0.15) is 0 Å². The number of hydrogen-bond donors (Lipinski definition) is 0. The van der Waals surface area contributed by atoms with Crippen LogP contribution in [0.25, 0.3) is 0 Å². The molecule has 2 heterocycles. The van der Waals surface area contributed by atoms with E-state index in [4.69, 9.17) is 4.52 Å². The fourth-order valence-electron chi connectivity index (χ4n) is 2.70. The highest BCUT2D eigenvalue weighted by atomic mass is 79.9. The Morgan fingerprint density at radius 2 is 2.16 bits per heavy atom. The number of aromatic nitrogens is 1. The van der Waals surface area contributed by atoms with E-state index in [1.54, 1.807) is 0 Å². The van der Waals surface area contributed by atoms with Gasteiger partial charge < -0.3 is 4.52 Å². The van der Waals surface area contributed by atoms with Gasteiger partial charge in [0.15, 0.2) is 5.76 Å². The van der Waals surface area contributed by atoms with Crippen molar-refractivity contribution in [2.75, 3.05) is 6.54 Å². The van der Waals surface area contributed by atoms with E-state index < -0.39 is 0 Å². The molecule has 0 bridgehead atoms. The Morgan fingerprint density at radius 3 is 2.84 bits per heavy atom. The van der Waals surface area contributed by atoms with Crippen molar-refractivity contribution in [3.8, 4) is 0 Å². The van der Waals surface area contributed by atoms with Gasteiger partial charge in [0.05, 0.1) is 11.7 Å². The number of aryl methyl sites for hydroxylation is 1. The number of likely N-dealkylation sites (tertiary alicyclic amines) is 1. The molecule has 2 aromatic rings. The van der Waals surface area contributed by atoms with Crippen molar-refractivity contribution in [3.05, 3.63) is 51.8 Å². The second-order valence-electron chi connectivity index (χ2n) is 5.13. The molecule has 0 saturated carbocycles. The minimum absolute atomic E-state index is 0.379. The summed E-state index contributed by atoms with van der Waals surface area (Å²) in [5.41, 5.74) is 2.30. The van der Waals surface area contributed by atoms with Gasteiger partial charge in [0.25, 0.3) is 0 Å². The maximum Gasteiger partial charge on any atom is 0.154 e. The molecule has 0 aliphatic carbocycles. The van der Waals surface area contributed by atoms with Gasteiger partial charge in [-0.05, 0) is 44.0 Å². The van der Waals surface area contributed by atoms with Crippen LogP contribution in [0, 0.1) is 6.92 Å². The van der Waals surface area contributed by atoms with E-state index in [2.05, 4.69) is 56.3 Å². The molecule has 0 radical (unpaired) electrons. The summed E-state index contributed by atoms with van der Waals surface area (Å²) < 4.78 is 6.56. The fraction of sp³-hybridized carbons (Fsp3) is 0.400. The van der Waals surface area contributed by atoms with E-state index in [1.165, 1.54) is 12.0 Å². The lowest BCUT2D eigenvalue weighted by atomic mass is 10.1. The summed E-state index contributed by atoms with van der Waals surface area (Å²) in [5.74, 6) is 1.01. The summed E-state index contributed by atoms with van der Waals surface area (Å²) >= 11 is 3.47. The van der Waals surface area contributed by atoms with E-state index in [0.29, 0.717) is 6.04 Å². The van der Waals surface area contributed by atoms with Crippen LogP contribution in [0.1, 0.15) is 35.9 Å². The lowest BCUT2D eigenvalue weighted by molar-refractivity contribution is 0.206. The SMILES string of the molecule is Cc1cc([C@H]2CCCN2Cc2ccc(Br)cc2)on1. The maximum atomic E-state index is 5.44. The van der Waals surface area contributed by atoms with E-state index >= 15 is 0 Å². The van der Waals surface area contributed by atoms with Gasteiger partial charge in [-0.15, -0.1) is 0 Å². The highest BCUT2D eigenvalue weighted by molar-refractivity contribution is 9.10. The normalized spacial score (nSPS) is 20.0. The van der Waals surface area contributed by atoms with Crippen LogP contribution in [0.2, 0.25) is 0 Å². The highest BCUT2D eigenvalue weighted by Gasteiger charge is 2.28. The topological polar surface area (TPSA) is 29.3 Å². The predicted octanol–water partition coefficient (Wildman–Crippen LogP) is 4.08. The molecule has 1 aliphatic rings. The maximum absolute atomic E-state index is 5.44. The van der Waals surface area contributed by atoms with Crippen molar-refractivity contribution in [1.82, 2.24) is 10.1 Å². The third-order valence-corrected chi connectivity index (χ3v) is 4.17. The summed E-state index contributed by atoms with van der Waals surface area (Å²) in [6, 6.07) is 11.0. The van der Waals surface area contributed by atoms with E-state index in [-0.39, 0.29) is 0 Å². The molecule has 1 fully saturated rings. The molecule has 0 amide bonds. The molecule has 3 rings (SSSR count). The van der Waals surface area contributed by atoms with Gasteiger partial charge in [-0.1, -0.05) is 33.2 Å². The molecule has 0 spiro atoms. The molecular weight excluding hydrogens is 304 g/mol. The Hall–Kier alpha value is -1.13. The molecule has 1 aliphatic heterocycles. The molecule has 4 heteroatoms.